The first-order chi connectivity index (χ1) is 15.5. The Hall–Kier alpha value is -2.67. The zero-order chi connectivity index (χ0) is 22.5. The third kappa shape index (κ3) is 5.21. The lowest BCUT2D eigenvalue weighted by atomic mass is 9.87. The smallest absolute Gasteiger partial charge is 0.262 e. The van der Waals surface area contributed by atoms with Gasteiger partial charge in [0.25, 0.3) is 11.8 Å². The molecule has 2 aromatic rings. The summed E-state index contributed by atoms with van der Waals surface area (Å²) in [5.74, 6) is -0.105. The minimum absolute atomic E-state index is 0.0235. The average Bonchev–Trinajstić information content (AvgIpc) is 3.38. The van der Waals surface area contributed by atoms with Crippen LogP contribution >= 0.6 is 11.3 Å². The second-order valence-corrected chi connectivity index (χ2v) is 9.76. The van der Waals surface area contributed by atoms with Crippen molar-refractivity contribution in [1.29, 1.82) is 0 Å². The van der Waals surface area contributed by atoms with Crippen LogP contribution in [0, 0.1) is 12.8 Å². The number of thiophene rings is 1. The van der Waals surface area contributed by atoms with Gasteiger partial charge in [0, 0.05) is 31.7 Å². The monoisotopic (exact) mass is 453 g/mol. The zero-order valence-corrected chi connectivity index (χ0v) is 19.4. The van der Waals surface area contributed by atoms with E-state index in [2.05, 4.69) is 5.32 Å². The van der Waals surface area contributed by atoms with E-state index in [0.717, 1.165) is 37.9 Å². The van der Waals surface area contributed by atoms with Crippen molar-refractivity contribution in [3.05, 3.63) is 57.8 Å². The van der Waals surface area contributed by atoms with Crippen molar-refractivity contribution in [3.63, 3.8) is 0 Å². The first-order valence-corrected chi connectivity index (χ1v) is 12.4. The van der Waals surface area contributed by atoms with Crippen LogP contribution in [-0.4, -0.2) is 59.7 Å². The van der Waals surface area contributed by atoms with Crippen LogP contribution in [0.5, 0.6) is 0 Å². The number of aryl methyl sites for hydroxylation is 1. The molecule has 2 saturated heterocycles. The number of nitrogens with one attached hydrogen (secondary N) is 1. The third-order valence-corrected chi connectivity index (χ3v) is 7.43. The van der Waals surface area contributed by atoms with Crippen molar-refractivity contribution in [2.45, 2.75) is 45.1 Å². The number of nitrogens with zero attached hydrogens (tertiary/aromatic N) is 2. The fourth-order valence-electron chi connectivity index (χ4n) is 4.63. The Kier molecular flexibility index (Phi) is 7.25. The highest BCUT2D eigenvalue weighted by Gasteiger charge is 2.36. The zero-order valence-electron chi connectivity index (χ0n) is 18.6. The number of likely N-dealkylation sites (tertiary alicyclic amines) is 2. The molecule has 1 aromatic heterocycles. The second kappa shape index (κ2) is 10.3. The number of benzene rings is 1. The van der Waals surface area contributed by atoms with Crippen LogP contribution in [0.25, 0.3) is 0 Å². The molecule has 3 heterocycles. The van der Waals surface area contributed by atoms with Crippen molar-refractivity contribution >= 4 is 29.1 Å². The summed E-state index contributed by atoms with van der Waals surface area (Å²) in [7, 11) is 0. The average molecular weight is 454 g/mol. The molecule has 7 heteroatoms. The van der Waals surface area contributed by atoms with Gasteiger partial charge in [-0.2, -0.15) is 0 Å². The van der Waals surface area contributed by atoms with Crippen molar-refractivity contribution < 1.29 is 14.4 Å². The van der Waals surface area contributed by atoms with Gasteiger partial charge in [-0.1, -0.05) is 23.8 Å². The number of amides is 3. The maximum absolute atomic E-state index is 13.4. The van der Waals surface area contributed by atoms with Gasteiger partial charge in [-0.3, -0.25) is 14.4 Å². The first kappa shape index (κ1) is 22.5. The normalized spacial score (nSPS) is 18.3. The van der Waals surface area contributed by atoms with E-state index in [1.807, 2.05) is 52.4 Å². The molecule has 2 fully saturated rings. The van der Waals surface area contributed by atoms with E-state index in [4.69, 9.17) is 0 Å². The number of hydrogen-bond donors (Lipinski definition) is 1. The summed E-state index contributed by atoms with van der Waals surface area (Å²) < 4.78 is 0. The van der Waals surface area contributed by atoms with Crippen LogP contribution in [-0.2, 0) is 4.79 Å². The molecular weight excluding hydrogens is 422 g/mol. The molecule has 0 radical (unpaired) electrons. The largest absolute Gasteiger partial charge is 0.341 e. The van der Waals surface area contributed by atoms with Crippen molar-refractivity contribution in [2.75, 3.05) is 26.2 Å². The lowest BCUT2D eigenvalue weighted by molar-refractivity contribution is -0.136. The van der Waals surface area contributed by atoms with Gasteiger partial charge in [0.15, 0.2) is 0 Å². The van der Waals surface area contributed by atoms with Crippen LogP contribution in [0.3, 0.4) is 0 Å². The first-order valence-electron chi connectivity index (χ1n) is 11.5. The Labute approximate surface area is 193 Å². The van der Waals surface area contributed by atoms with Gasteiger partial charge in [-0.25, -0.2) is 0 Å². The summed E-state index contributed by atoms with van der Waals surface area (Å²) in [6.07, 6.45) is 4.58. The number of piperidine rings is 2. The second-order valence-electron chi connectivity index (χ2n) is 8.81. The molecule has 0 aliphatic carbocycles. The van der Waals surface area contributed by atoms with E-state index >= 15 is 0 Å². The summed E-state index contributed by atoms with van der Waals surface area (Å²) in [4.78, 5) is 43.5. The highest BCUT2D eigenvalue weighted by atomic mass is 32.1. The van der Waals surface area contributed by atoms with Gasteiger partial charge >= 0.3 is 0 Å². The van der Waals surface area contributed by atoms with Crippen LogP contribution in [0.15, 0.2) is 41.8 Å². The highest BCUT2D eigenvalue weighted by molar-refractivity contribution is 7.12. The fraction of sp³-hybridized carbons (Fsp3) is 0.480. The summed E-state index contributed by atoms with van der Waals surface area (Å²) in [6, 6.07) is 10.7. The van der Waals surface area contributed by atoms with Gasteiger partial charge in [-0.15, -0.1) is 11.3 Å². The SMILES string of the molecule is Cc1ccc(C(=O)N2CCC([C@H](NC(=O)c3cccs3)C(=O)N3CCCCC3)CC2)cc1. The maximum Gasteiger partial charge on any atom is 0.262 e. The number of carbonyl (C=O) groups excluding carboxylic acids is 3. The molecular formula is C25H31N3O3S. The van der Waals surface area contributed by atoms with Crippen LogP contribution in [0.1, 0.15) is 57.7 Å². The lowest BCUT2D eigenvalue weighted by Crippen LogP contribution is -2.55. The molecule has 2 aliphatic rings. The molecule has 0 bridgehead atoms. The minimum Gasteiger partial charge on any atom is -0.341 e. The topological polar surface area (TPSA) is 69.7 Å². The molecule has 4 rings (SSSR count). The van der Waals surface area contributed by atoms with Crippen molar-refractivity contribution in [1.82, 2.24) is 15.1 Å². The molecule has 2 aliphatic heterocycles. The molecule has 6 nitrogen and oxygen atoms in total. The van der Waals surface area contributed by atoms with Crippen molar-refractivity contribution in [3.8, 4) is 0 Å². The Morgan fingerprint density at radius 3 is 2.25 bits per heavy atom. The fourth-order valence-corrected chi connectivity index (χ4v) is 5.25. The van der Waals surface area contributed by atoms with Crippen molar-refractivity contribution in [2.24, 2.45) is 5.92 Å². The van der Waals surface area contributed by atoms with Gasteiger partial charge in [0.1, 0.15) is 6.04 Å². The Bertz CT molecular complexity index is 928. The summed E-state index contributed by atoms with van der Waals surface area (Å²) in [6.45, 7) is 4.71. The van der Waals surface area contributed by atoms with E-state index in [1.165, 1.54) is 11.3 Å². The Morgan fingerprint density at radius 2 is 1.62 bits per heavy atom. The van der Waals surface area contributed by atoms with Crippen LogP contribution in [0.4, 0.5) is 0 Å². The molecule has 32 heavy (non-hydrogen) atoms. The molecule has 3 amide bonds. The quantitative estimate of drug-likeness (QED) is 0.750. The van der Waals surface area contributed by atoms with Gasteiger partial charge in [0.2, 0.25) is 5.91 Å². The Balaban J connectivity index is 1.44. The lowest BCUT2D eigenvalue weighted by Gasteiger charge is -2.38. The summed E-state index contributed by atoms with van der Waals surface area (Å²) >= 11 is 1.38. The predicted octanol–water partition coefficient (Wildman–Crippen LogP) is 3.72. The molecule has 170 valence electrons. The predicted molar refractivity (Wildman–Crippen MR) is 126 cm³/mol. The molecule has 0 spiro atoms. The summed E-state index contributed by atoms with van der Waals surface area (Å²) in [5.41, 5.74) is 1.82. The number of carbonyl (C=O) groups is 3. The third-order valence-electron chi connectivity index (χ3n) is 6.56. The van der Waals surface area contributed by atoms with E-state index in [-0.39, 0.29) is 23.6 Å². The van der Waals surface area contributed by atoms with Gasteiger partial charge in [-0.05, 0) is 68.5 Å². The minimum atomic E-state index is -0.542. The standard InChI is InChI=1S/C25H31N3O3S/c1-18-7-9-20(10-8-18)24(30)28-15-11-19(12-16-28)22(25(31)27-13-3-2-4-14-27)26-23(29)21-6-5-17-32-21/h5-10,17,19,22H,2-4,11-16H2,1H3,(H,26,29)/t22-/m0/s1. The van der Waals surface area contributed by atoms with Crippen LogP contribution < -0.4 is 5.32 Å². The number of hydrogen-bond acceptors (Lipinski definition) is 4. The van der Waals surface area contributed by atoms with Gasteiger partial charge < -0.3 is 15.1 Å². The number of rotatable bonds is 5. The van der Waals surface area contributed by atoms with E-state index in [9.17, 15) is 14.4 Å². The van der Waals surface area contributed by atoms with Crippen LogP contribution in [0.2, 0.25) is 0 Å². The van der Waals surface area contributed by atoms with Gasteiger partial charge in [0.05, 0.1) is 4.88 Å². The molecule has 1 aromatic carbocycles. The molecule has 1 N–H and O–H groups in total. The van der Waals surface area contributed by atoms with E-state index in [0.29, 0.717) is 36.4 Å². The highest BCUT2D eigenvalue weighted by Crippen LogP contribution is 2.25. The Morgan fingerprint density at radius 1 is 0.938 bits per heavy atom. The molecule has 0 unspecified atom stereocenters. The maximum atomic E-state index is 13.4. The van der Waals surface area contributed by atoms with E-state index in [1.54, 1.807) is 6.07 Å². The molecule has 1 atom stereocenters. The van der Waals surface area contributed by atoms with E-state index < -0.39 is 6.04 Å². The summed E-state index contributed by atoms with van der Waals surface area (Å²) in [5, 5.41) is 4.91. The molecule has 0 saturated carbocycles.